The van der Waals surface area contributed by atoms with Crippen LogP contribution in [0.1, 0.15) is 16.7 Å². The average molecular weight is 518 g/mol. The normalized spacial score (nSPS) is 19.7. The van der Waals surface area contributed by atoms with Gasteiger partial charge in [0.05, 0.1) is 24.5 Å². The second-order valence-corrected chi connectivity index (χ2v) is 8.95. The van der Waals surface area contributed by atoms with Crippen molar-refractivity contribution in [2.24, 2.45) is 0 Å². The summed E-state index contributed by atoms with van der Waals surface area (Å²) >= 11 is 0. The number of hydrogen-bond donors (Lipinski definition) is 2. The standard InChI is InChI=1S/C27H24FN5O5/c1-29-25(36)31-22-13-18-5-2-3-7-21(18)27(22)24(35)33(26(37)38-27)16-23(34)32(20-6-4-12-30-14-20)15-17-8-10-19(28)11-9-17/h2-12,14,22H,13,15-16H2,1H3,(H2,29,31,36)/t22?,27-/m1/s1. The van der Waals surface area contributed by atoms with Crippen LogP contribution in [0, 0.1) is 5.82 Å². The molecule has 2 atom stereocenters. The Morgan fingerprint density at radius 2 is 1.89 bits per heavy atom. The second kappa shape index (κ2) is 9.92. The van der Waals surface area contributed by atoms with Gasteiger partial charge in [-0.1, -0.05) is 36.4 Å². The number of carbonyl (C=O) groups excluding carboxylic acids is 4. The van der Waals surface area contributed by atoms with Crippen LogP contribution in [0.15, 0.2) is 73.1 Å². The molecule has 5 rings (SSSR count). The Hall–Kier alpha value is -4.80. The molecule has 1 fully saturated rings. The highest BCUT2D eigenvalue weighted by atomic mass is 19.1. The van der Waals surface area contributed by atoms with Gasteiger partial charge in [-0.05, 0) is 41.8 Å². The number of rotatable bonds is 6. The summed E-state index contributed by atoms with van der Waals surface area (Å²) in [6.45, 7) is -0.554. The number of nitrogens with one attached hydrogen (secondary N) is 2. The molecule has 38 heavy (non-hydrogen) atoms. The van der Waals surface area contributed by atoms with Crippen LogP contribution in [-0.4, -0.2) is 53.5 Å². The van der Waals surface area contributed by atoms with E-state index < -0.39 is 47.9 Å². The molecule has 2 aliphatic rings. The van der Waals surface area contributed by atoms with Gasteiger partial charge in [0.2, 0.25) is 11.5 Å². The van der Waals surface area contributed by atoms with E-state index in [0.29, 0.717) is 16.8 Å². The van der Waals surface area contributed by atoms with Gasteiger partial charge in [-0.25, -0.2) is 18.9 Å². The fourth-order valence-electron chi connectivity index (χ4n) is 4.87. The quantitative estimate of drug-likeness (QED) is 0.518. The summed E-state index contributed by atoms with van der Waals surface area (Å²) in [6, 6.07) is 14.5. The minimum Gasteiger partial charge on any atom is -0.425 e. The first-order valence-corrected chi connectivity index (χ1v) is 11.9. The van der Waals surface area contributed by atoms with Crippen molar-refractivity contribution in [3.63, 3.8) is 0 Å². The smallest absolute Gasteiger partial charge is 0.418 e. The maximum atomic E-state index is 13.9. The van der Waals surface area contributed by atoms with Gasteiger partial charge in [0.15, 0.2) is 0 Å². The highest BCUT2D eigenvalue weighted by Crippen LogP contribution is 2.45. The predicted octanol–water partition coefficient (Wildman–Crippen LogP) is 2.48. The fraction of sp³-hybridized carbons (Fsp3) is 0.222. The summed E-state index contributed by atoms with van der Waals surface area (Å²) in [4.78, 5) is 58.8. The van der Waals surface area contributed by atoms with Crippen LogP contribution in [-0.2, 0) is 32.9 Å². The molecule has 1 aliphatic carbocycles. The number of ether oxygens (including phenoxy) is 1. The van der Waals surface area contributed by atoms with Crippen molar-refractivity contribution in [3.05, 3.63) is 95.6 Å². The molecule has 2 aromatic carbocycles. The van der Waals surface area contributed by atoms with Crippen LogP contribution in [0.2, 0.25) is 0 Å². The van der Waals surface area contributed by atoms with Crippen LogP contribution < -0.4 is 15.5 Å². The van der Waals surface area contributed by atoms with Crippen LogP contribution in [0.25, 0.3) is 0 Å². The lowest BCUT2D eigenvalue weighted by Gasteiger charge is -2.29. The predicted molar refractivity (Wildman–Crippen MR) is 133 cm³/mol. The number of pyridine rings is 1. The molecule has 10 nitrogen and oxygen atoms in total. The second-order valence-electron chi connectivity index (χ2n) is 8.95. The summed E-state index contributed by atoms with van der Waals surface area (Å²) in [6.07, 6.45) is 2.30. The maximum absolute atomic E-state index is 13.9. The van der Waals surface area contributed by atoms with Crippen LogP contribution >= 0.6 is 0 Å². The fourth-order valence-corrected chi connectivity index (χ4v) is 4.87. The molecule has 0 radical (unpaired) electrons. The van der Waals surface area contributed by atoms with E-state index in [1.165, 1.54) is 30.3 Å². The highest BCUT2D eigenvalue weighted by Gasteiger charge is 2.64. The summed E-state index contributed by atoms with van der Waals surface area (Å²) in [5.74, 6) is -1.73. The minimum absolute atomic E-state index is 0.0523. The Labute approximate surface area is 217 Å². The van der Waals surface area contributed by atoms with Gasteiger partial charge in [-0.2, -0.15) is 0 Å². The van der Waals surface area contributed by atoms with Gasteiger partial charge in [0.1, 0.15) is 12.4 Å². The number of imide groups is 1. The Morgan fingerprint density at radius 3 is 2.61 bits per heavy atom. The number of halogens is 1. The third-order valence-corrected chi connectivity index (χ3v) is 6.70. The first-order chi connectivity index (χ1) is 18.3. The Balaban J connectivity index is 1.45. The zero-order valence-corrected chi connectivity index (χ0v) is 20.4. The monoisotopic (exact) mass is 517 g/mol. The Bertz CT molecular complexity index is 1400. The third-order valence-electron chi connectivity index (χ3n) is 6.70. The number of fused-ring (bicyclic) bond motifs is 2. The third kappa shape index (κ3) is 4.32. The lowest BCUT2D eigenvalue weighted by Crippen LogP contribution is -2.55. The number of carbonyl (C=O) groups is 4. The molecule has 1 aromatic heterocycles. The molecule has 2 heterocycles. The minimum atomic E-state index is -1.80. The molecule has 1 unspecified atom stereocenters. The van der Waals surface area contributed by atoms with E-state index in [4.69, 9.17) is 4.74 Å². The van der Waals surface area contributed by atoms with E-state index in [1.807, 2.05) is 0 Å². The van der Waals surface area contributed by atoms with E-state index in [-0.39, 0.29) is 13.0 Å². The lowest BCUT2D eigenvalue weighted by atomic mass is 9.91. The number of aromatic nitrogens is 1. The Kier molecular flexibility index (Phi) is 6.50. The number of urea groups is 1. The zero-order chi connectivity index (χ0) is 26.9. The maximum Gasteiger partial charge on any atom is 0.418 e. The number of hydrogen-bond acceptors (Lipinski definition) is 6. The van der Waals surface area contributed by atoms with Crippen molar-refractivity contribution in [2.45, 2.75) is 24.6 Å². The van der Waals surface area contributed by atoms with Gasteiger partial charge >= 0.3 is 12.1 Å². The molecule has 5 amide bonds. The molecule has 1 saturated heterocycles. The molecule has 0 bridgehead atoms. The van der Waals surface area contributed by atoms with Gasteiger partial charge < -0.3 is 20.3 Å². The Morgan fingerprint density at radius 1 is 1.13 bits per heavy atom. The molecule has 0 saturated carbocycles. The van der Waals surface area contributed by atoms with E-state index in [0.717, 1.165) is 10.5 Å². The highest BCUT2D eigenvalue weighted by molar-refractivity contribution is 6.08. The summed E-state index contributed by atoms with van der Waals surface area (Å²) < 4.78 is 19.1. The van der Waals surface area contributed by atoms with E-state index in [1.54, 1.807) is 54.7 Å². The first kappa shape index (κ1) is 24.9. The zero-order valence-electron chi connectivity index (χ0n) is 20.4. The molecule has 1 aliphatic heterocycles. The van der Waals surface area contributed by atoms with Gasteiger partial charge in [0.25, 0.3) is 5.91 Å². The first-order valence-electron chi connectivity index (χ1n) is 11.9. The number of amides is 5. The van der Waals surface area contributed by atoms with Crippen molar-refractivity contribution in [3.8, 4) is 0 Å². The van der Waals surface area contributed by atoms with Crippen molar-refractivity contribution in [2.75, 3.05) is 18.5 Å². The van der Waals surface area contributed by atoms with Crippen LogP contribution in [0.3, 0.4) is 0 Å². The van der Waals surface area contributed by atoms with E-state index in [9.17, 15) is 23.6 Å². The summed E-state index contributed by atoms with van der Waals surface area (Å²) in [5.41, 5.74) is 0.481. The van der Waals surface area contributed by atoms with Crippen molar-refractivity contribution in [1.29, 1.82) is 0 Å². The van der Waals surface area contributed by atoms with Crippen molar-refractivity contribution < 1.29 is 28.3 Å². The molecule has 3 aromatic rings. The molecule has 1 spiro atoms. The molecule has 11 heteroatoms. The molecule has 194 valence electrons. The average Bonchev–Trinajstić information content (AvgIpc) is 3.37. The van der Waals surface area contributed by atoms with E-state index >= 15 is 0 Å². The van der Waals surface area contributed by atoms with Crippen LogP contribution in [0.5, 0.6) is 0 Å². The van der Waals surface area contributed by atoms with Gasteiger partial charge in [-0.15, -0.1) is 0 Å². The largest absolute Gasteiger partial charge is 0.425 e. The lowest BCUT2D eigenvalue weighted by molar-refractivity contribution is -0.140. The summed E-state index contributed by atoms with van der Waals surface area (Å²) in [5, 5.41) is 5.16. The topological polar surface area (TPSA) is 121 Å². The SMILES string of the molecule is CNC(=O)NC1Cc2ccccc2[C@@]12OC(=O)N(CC(=O)N(Cc1ccc(F)cc1)c1cccnc1)C2=O. The van der Waals surface area contributed by atoms with Crippen LogP contribution in [0.4, 0.5) is 19.7 Å². The number of benzene rings is 2. The van der Waals surface area contributed by atoms with E-state index in [2.05, 4.69) is 15.6 Å². The molecule has 2 N–H and O–H groups in total. The number of anilines is 1. The van der Waals surface area contributed by atoms with Gasteiger partial charge in [0, 0.05) is 18.8 Å². The van der Waals surface area contributed by atoms with Gasteiger partial charge in [-0.3, -0.25) is 14.6 Å². The van der Waals surface area contributed by atoms with Crippen molar-refractivity contribution in [1.82, 2.24) is 20.5 Å². The summed E-state index contributed by atoms with van der Waals surface area (Å²) in [7, 11) is 1.44. The molecular weight excluding hydrogens is 493 g/mol. The molecular formula is C27H24FN5O5. The number of nitrogens with zero attached hydrogens (tertiary/aromatic N) is 3. The van der Waals surface area contributed by atoms with Crippen molar-refractivity contribution >= 4 is 29.6 Å².